The van der Waals surface area contributed by atoms with Gasteiger partial charge in [0.05, 0.1) is 0 Å². The molecule has 1 heterocycles. The number of aryl methyl sites for hydroxylation is 1. The van der Waals surface area contributed by atoms with Gasteiger partial charge in [0.15, 0.2) is 5.43 Å². The Bertz CT molecular complexity index is 669. The maximum absolute atomic E-state index is 12.4. The van der Waals surface area contributed by atoms with Gasteiger partial charge in [-0.05, 0) is 43.7 Å². The highest BCUT2D eigenvalue weighted by molar-refractivity contribution is 5.79. The molecule has 2 heteroatoms. The van der Waals surface area contributed by atoms with Crippen LogP contribution in [0.2, 0.25) is 0 Å². The summed E-state index contributed by atoms with van der Waals surface area (Å²) in [6, 6.07) is 7.79. The third kappa shape index (κ3) is 4.00. The predicted octanol–water partition coefficient (Wildman–Crippen LogP) is 5.23. The van der Waals surface area contributed by atoms with E-state index < -0.39 is 0 Å². The van der Waals surface area contributed by atoms with Crippen molar-refractivity contribution in [2.24, 2.45) is 11.8 Å². The molecule has 120 valence electrons. The topological polar surface area (TPSA) is 32.9 Å². The van der Waals surface area contributed by atoms with Gasteiger partial charge in [0, 0.05) is 22.2 Å². The van der Waals surface area contributed by atoms with Crippen LogP contribution in [0.4, 0.5) is 0 Å². The van der Waals surface area contributed by atoms with Crippen LogP contribution in [0.5, 0.6) is 0 Å². The Hall–Kier alpha value is -1.57. The van der Waals surface area contributed by atoms with Crippen molar-refractivity contribution < 1.29 is 0 Å². The van der Waals surface area contributed by atoms with Crippen LogP contribution < -0.4 is 5.43 Å². The van der Waals surface area contributed by atoms with Gasteiger partial charge in [-0.25, -0.2) is 0 Å². The standard InChI is InChI=1S/C20H29NO/c1-14(2)15(3)10-6-5-7-12-18-16(4)20(22)17-11-8-9-13-19(17)21-18/h8-9,11,13-15H,5-7,10,12H2,1-4H3,(H,21,22). The van der Waals surface area contributed by atoms with E-state index >= 15 is 0 Å². The minimum Gasteiger partial charge on any atom is -0.358 e. The first-order valence-corrected chi connectivity index (χ1v) is 8.61. The minimum absolute atomic E-state index is 0.179. The van der Waals surface area contributed by atoms with E-state index in [9.17, 15) is 4.79 Å². The van der Waals surface area contributed by atoms with Crippen LogP contribution in [0.15, 0.2) is 29.1 Å². The Balaban J connectivity index is 1.95. The number of hydrogen-bond acceptors (Lipinski definition) is 1. The number of fused-ring (bicyclic) bond motifs is 1. The fourth-order valence-electron chi connectivity index (χ4n) is 2.91. The number of nitrogens with one attached hydrogen (secondary N) is 1. The number of aromatic nitrogens is 1. The van der Waals surface area contributed by atoms with Gasteiger partial charge in [-0.2, -0.15) is 0 Å². The molecule has 0 aliphatic heterocycles. The van der Waals surface area contributed by atoms with Crippen molar-refractivity contribution in [3.8, 4) is 0 Å². The predicted molar refractivity (Wildman–Crippen MR) is 95.5 cm³/mol. The monoisotopic (exact) mass is 299 g/mol. The van der Waals surface area contributed by atoms with Crippen molar-refractivity contribution in [3.63, 3.8) is 0 Å². The third-order valence-corrected chi connectivity index (χ3v) is 4.97. The molecule has 2 rings (SSSR count). The second kappa shape index (κ2) is 7.62. The normalized spacial score (nSPS) is 13.0. The summed E-state index contributed by atoms with van der Waals surface area (Å²) in [6.45, 7) is 8.89. The fraction of sp³-hybridized carbons (Fsp3) is 0.550. The largest absolute Gasteiger partial charge is 0.358 e. The molecule has 1 N–H and O–H groups in total. The van der Waals surface area contributed by atoms with Gasteiger partial charge in [0.1, 0.15) is 0 Å². The molecule has 22 heavy (non-hydrogen) atoms. The van der Waals surface area contributed by atoms with E-state index in [0.29, 0.717) is 0 Å². The van der Waals surface area contributed by atoms with Gasteiger partial charge in [0.2, 0.25) is 0 Å². The van der Waals surface area contributed by atoms with Gasteiger partial charge in [-0.1, -0.05) is 52.2 Å². The molecule has 0 radical (unpaired) electrons. The minimum atomic E-state index is 0.179. The maximum atomic E-state index is 12.4. The summed E-state index contributed by atoms with van der Waals surface area (Å²) in [7, 11) is 0. The molecule has 0 saturated heterocycles. The maximum Gasteiger partial charge on any atom is 0.192 e. The molecule has 1 atom stereocenters. The van der Waals surface area contributed by atoms with Gasteiger partial charge in [-0.3, -0.25) is 4.79 Å². The van der Waals surface area contributed by atoms with Gasteiger partial charge in [0.25, 0.3) is 0 Å². The van der Waals surface area contributed by atoms with E-state index in [1.807, 2.05) is 31.2 Å². The first-order valence-electron chi connectivity index (χ1n) is 8.61. The highest BCUT2D eigenvalue weighted by Crippen LogP contribution is 2.19. The number of para-hydroxylation sites is 1. The Morgan fingerprint density at radius 1 is 1.05 bits per heavy atom. The van der Waals surface area contributed by atoms with Crippen molar-refractivity contribution in [1.29, 1.82) is 0 Å². The first kappa shape index (κ1) is 16.8. The van der Waals surface area contributed by atoms with E-state index in [1.54, 1.807) is 0 Å². The summed E-state index contributed by atoms with van der Waals surface area (Å²) >= 11 is 0. The number of H-pyrrole nitrogens is 1. The Kier molecular flexibility index (Phi) is 5.82. The van der Waals surface area contributed by atoms with Crippen LogP contribution in [0, 0.1) is 18.8 Å². The summed E-state index contributed by atoms with van der Waals surface area (Å²) in [4.78, 5) is 15.8. The molecule has 1 aromatic heterocycles. The van der Waals surface area contributed by atoms with Crippen LogP contribution in [-0.2, 0) is 6.42 Å². The SMILES string of the molecule is Cc1c(CCCCCC(C)C(C)C)[nH]c2ccccc2c1=O. The molecule has 0 amide bonds. The van der Waals surface area contributed by atoms with E-state index in [0.717, 1.165) is 46.8 Å². The number of benzene rings is 1. The van der Waals surface area contributed by atoms with Gasteiger partial charge >= 0.3 is 0 Å². The van der Waals surface area contributed by atoms with Crippen LogP contribution >= 0.6 is 0 Å². The number of pyridine rings is 1. The quantitative estimate of drug-likeness (QED) is 0.697. The molecule has 0 aliphatic carbocycles. The number of unbranched alkanes of at least 4 members (excludes halogenated alkanes) is 2. The molecule has 0 spiro atoms. The lowest BCUT2D eigenvalue weighted by atomic mass is 9.92. The summed E-state index contributed by atoms with van der Waals surface area (Å²) in [5, 5.41) is 0.800. The van der Waals surface area contributed by atoms with Crippen LogP contribution in [0.1, 0.15) is 57.7 Å². The molecular weight excluding hydrogens is 270 g/mol. The molecular formula is C20H29NO. The van der Waals surface area contributed by atoms with Crippen LogP contribution in [0.3, 0.4) is 0 Å². The zero-order valence-corrected chi connectivity index (χ0v) is 14.4. The van der Waals surface area contributed by atoms with Crippen LogP contribution in [0.25, 0.3) is 10.9 Å². The van der Waals surface area contributed by atoms with Crippen molar-refractivity contribution in [1.82, 2.24) is 4.98 Å². The number of aromatic amines is 1. The second-order valence-electron chi connectivity index (χ2n) is 6.92. The molecule has 0 bridgehead atoms. The molecule has 0 aliphatic rings. The Labute approximate surface area is 134 Å². The molecule has 0 fully saturated rings. The zero-order valence-electron chi connectivity index (χ0n) is 14.4. The summed E-state index contributed by atoms with van der Waals surface area (Å²) in [6.07, 6.45) is 5.97. The van der Waals surface area contributed by atoms with Crippen molar-refractivity contribution in [3.05, 3.63) is 45.7 Å². The van der Waals surface area contributed by atoms with Gasteiger partial charge in [-0.15, -0.1) is 0 Å². The van der Waals surface area contributed by atoms with Crippen molar-refractivity contribution in [2.45, 2.75) is 59.8 Å². The highest BCUT2D eigenvalue weighted by Gasteiger charge is 2.09. The average molecular weight is 299 g/mol. The number of hydrogen-bond donors (Lipinski definition) is 1. The fourth-order valence-corrected chi connectivity index (χ4v) is 2.91. The lowest BCUT2D eigenvalue weighted by molar-refractivity contribution is 0.376. The summed E-state index contributed by atoms with van der Waals surface area (Å²) < 4.78 is 0. The molecule has 1 unspecified atom stereocenters. The first-order chi connectivity index (χ1) is 10.5. The van der Waals surface area contributed by atoms with Crippen LogP contribution in [-0.4, -0.2) is 4.98 Å². The van der Waals surface area contributed by atoms with Crippen molar-refractivity contribution >= 4 is 10.9 Å². The lowest BCUT2D eigenvalue weighted by Crippen LogP contribution is -2.11. The lowest BCUT2D eigenvalue weighted by Gasteiger charge is -2.15. The summed E-state index contributed by atoms with van der Waals surface area (Å²) in [5.41, 5.74) is 3.13. The molecule has 0 saturated carbocycles. The summed E-state index contributed by atoms with van der Waals surface area (Å²) in [5.74, 6) is 1.58. The van der Waals surface area contributed by atoms with E-state index in [-0.39, 0.29) is 5.43 Å². The number of rotatable bonds is 7. The van der Waals surface area contributed by atoms with E-state index in [1.165, 1.54) is 19.3 Å². The third-order valence-electron chi connectivity index (χ3n) is 4.97. The molecule has 1 aromatic carbocycles. The zero-order chi connectivity index (χ0) is 16.1. The smallest absolute Gasteiger partial charge is 0.192 e. The Morgan fingerprint density at radius 3 is 2.50 bits per heavy atom. The highest BCUT2D eigenvalue weighted by atomic mass is 16.1. The Morgan fingerprint density at radius 2 is 1.77 bits per heavy atom. The molecule has 2 nitrogen and oxygen atoms in total. The molecule has 2 aromatic rings. The van der Waals surface area contributed by atoms with E-state index in [2.05, 4.69) is 25.8 Å². The second-order valence-corrected chi connectivity index (χ2v) is 6.92. The average Bonchev–Trinajstić information content (AvgIpc) is 2.51. The van der Waals surface area contributed by atoms with Gasteiger partial charge < -0.3 is 4.98 Å². The van der Waals surface area contributed by atoms with E-state index in [4.69, 9.17) is 0 Å². The van der Waals surface area contributed by atoms with Crippen molar-refractivity contribution in [2.75, 3.05) is 0 Å².